The predicted molar refractivity (Wildman–Crippen MR) is 61.4 cm³/mol. The Kier molecular flexibility index (Phi) is 4.04. The lowest BCUT2D eigenvalue weighted by Crippen LogP contribution is -2.29. The number of hydrogen-bond donors (Lipinski definition) is 1. The fourth-order valence-corrected chi connectivity index (χ4v) is 1.34. The third kappa shape index (κ3) is 3.82. The van der Waals surface area contributed by atoms with Crippen molar-refractivity contribution >= 4 is 5.91 Å². The molecule has 0 fully saturated rings. The van der Waals surface area contributed by atoms with E-state index in [0.29, 0.717) is 11.5 Å². The molecule has 0 aromatic carbocycles. The van der Waals surface area contributed by atoms with Gasteiger partial charge in [-0.25, -0.2) is 5.48 Å². The Hall–Kier alpha value is -2.35. The van der Waals surface area contributed by atoms with Gasteiger partial charge >= 0.3 is 12.1 Å². The average molecular weight is 286 g/mol. The molecule has 2 heterocycles. The van der Waals surface area contributed by atoms with Crippen LogP contribution in [0.2, 0.25) is 0 Å². The summed E-state index contributed by atoms with van der Waals surface area (Å²) in [5, 5.41) is 0. The number of halogens is 3. The van der Waals surface area contributed by atoms with Crippen molar-refractivity contribution in [1.29, 1.82) is 0 Å². The van der Waals surface area contributed by atoms with E-state index in [1.165, 1.54) is 12.1 Å². The number of nitrogens with zero attached hydrogens (tertiary/aromatic N) is 1. The summed E-state index contributed by atoms with van der Waals surface area (Å²) < 4.78 is 40.7. The van der Waals surface area contributed by atoms with Gasteiger partial charge in [-0.05, 0) is 24.3 Å². The highest BCUT2D eigenvalue weighted by Crippen LogP contribution is 2.19. The first-order valence-corrected chi connectivity index (χ1v) is 5.46. The molecular formula is C12H9F3N2O3. The zero-order chi connectivity index (χ0) is 14.6. The van der Waals surface area contributed by atoms with E-state index < -0.39 is 18.7 Å². The topological polar surface area (TPSA) is 64.4 Å². The molecule has 0 saturated heterocycles. The molecule has 8 heteroatoms. The molecule has 0 aliphatic rings. The molecule has 0 radical (unpaired) electrons. The van der Waals surface area contributed by atoms with E-state index in [0.717, 1.165) is 0 Å². The highest BCUT2D eigenvalue weighted by atomic mass is 19.4. The monoisotopic (exact) mass is 286 g/mol. The molecular weight excluding hydrogens is 277 g/mol. The van der Waals surface area contributed by atoms with Crippen LogP contribution in [-0.4, -0.2) is 23.7 Å². The highest BCUT2D eigenvalue weighted by Gasteiger charge is 2.28. The first-order chi connectivity index (χ1) is 9.46. The van der Waals surface area contributed by atoms with E-state index in [-0.39, 0.29) is 5.76 Å². The van der Waals surface area contributed by atoms with Crippen molar-refractivity contribution in [2.75, 3.05) is 6.61 Å². The second-order valence-electron chi connectivity index (χ2n) is 3.71. The number of amides is 1. The van der Waals surface area contributed by atoms with Gasteiger partial charge in [0.2, 0.25) is 0 Å². The molecule has 1 N–H and O–H groups in total. The van der Waals surface area contributed by atoms with Crippen molar-refractivity contribution in [3.05, 3.63) is 42.3 Å². The number of carbonyl (C=O) groups excluding carboxylic acids is 1. The van der Waals surface area contributed by atoms with Crippen LogP contribution in [0.15, 0.2) is 40.9 Å². The molecule has 0 saturated carbocycles. The van der Waals surface area contributed by atoms with Gasteiger partial charge in [0.05, 0.1) is 0 Å². The summed E-state index contributed by atoms with van der Waals surface area (Å²) in [5.41, 5.74) is 2.15. The van der Waals surface area contributed by atoms with Gasteiger partial charge in [-0.3, -0.25) is 14.6 Å². The van der Waals surface area contributed by atoms with Crippen LogP contribution in [0.5, 0.6) is 0 Å². The number of carbonyl (C=O) groups is 1. The van der Waals surface area contributed by atoms with Crippen LogP contribution in [0.4, 0.5) is 13.2 Å². The smallest absolute Gasteiger partial charge is 0.414 e. The fraction of sp³-hybridized carbons (Fsp3) is 0.167. The van der Waals surface area contributed by atoms with Crippen LogP contribution < -0.4 is 5.48 Å². The Labute approximate surface area is 111 Å². The van der Waals surface area contributed by atoms with Gasteiger partial charge in [0.15, 0.2) is 18.1 Å². The van der Waals surface area contributed by atoms with Crippen LogP contribution in [-0.2, 0) is 4.84 Å². The molecule has 0 aliphatic carbocycles. The minimum Gasteiger partial charge on any atom is -0.449 e. The maximum absolute atomic E-state index is 11.8. The van der Waals surface area contributed by atoms with Crippen LogP contribution in [0.25, 0.3) is 11.5 Å². The predicted octanol–water partition coefficient (Wildman–Crippen LogP) is 2.57. The van der Waals surface area contributed by atoms with E-state index in [4.69, 9.17) is 4.42 Å². The van der Waals surface area contributed by atoms with Gasteiger partial charge in [-0.2, -0.15) is 13.2 Å². The van der Waals surface area contributed by atoms with Gasteiger partial charge < -0.3 is 4.42 Å². The third-order valence-electron chi connectivity index (χ3n) is 2.15. The summed E-state index contributed by atoms with van der Waals surface area (Å²) in [7, 11) is 0. The summed E-state index contributed by atoms with van der Waals surface area (Å²) in [6, 6.07) is 7.92. The second-order valence-corrected chi connectivity index (χ2v) is 3.71. The fourth-order valence-electron chi connectivity index (χ4n) is 1.34. The minimum atomic E-state index is -4.52. The van der Waals surface area contributed by atoms with Gasteiger partial charge in [-0.1, -0.05) is 6.07 Å². The van der Waals surface area contributed by atoms with Gasteiger partial charge in [-0.15, -0.1) is 0 Å². The molecule has 1 amide bonds. The maximum atomic E-state index is 11.8. The maximum Gasteiger partial charge on any atom is 0.414 e. The van der Waals surface area contributed by atoms with E-state index in [2.05, 4.69) is 9.82 Å². The quantitative estimate of drug-likeness (QED) is 0.877. The standard InChI is InChI=1S/C12H9F3N2O3/c13-12(14,15)7-19-17-11(18)10-5-4-9(20-10)8-3-1-2-6-16-8/h1-6H,7H2,(H,17,18). The number of hydrogen-bond acceptors (Lipinski definition) is 4. The van der Waals surface area contributed by atoms with Gasteiger partial charge in [0, 0.05) is 6.20 Å². The second kappa shape index (κ2) is 5.74. The van der Waals surface area contributed by atoms with Crippen LogP contribution in [0.3, 0.4) is 0 Å². The average Bonchev–Trinajstić information content (AvgIpc) is 2.88. The zero-order valence-corrected chi connectivity index (χ0v) is 9.98. The number of rotatable bonds is 4. The molecule has 0 spiro atoms. The van der Waals surface area contributed by atoms with Crippen LogP contribution >= 0.6 is 0 Å². The van der Waals surface area contributed by atoms with Gasteiger partial charge in [0.1, 0.15) is 5.69 Å². The number of hydroxylamine groups is 1. The number of aromatic nitrogens is 1. The lowest BCUT2D eigenvalue weighted by atomic mass is 10.3. The lowest BCUT2D eigenvalue weighted by molar-refractivity contribution is -0.184. The number of pyridine rings is 1. The van der Waals surface area contributed by atoms with Crippen molar-refractivity contribution in [2.45, 2.75) is 6.18 Å². The Morgan fingerprint density at radius 3 is 2.75 bits per heavy atom. The minimum absolute atomic E-state index is 0.173. The van der Waals surface area contributed by atoms with Crippen molar-refractivity contribution < 1.29 is 27.2 Å². The molecule has 0 bridgehead atoms. The molecule has 5 nitrogen and oxygen atoms in total. The summed E-state index contributed by atoms with van der Waals surface area (Å²) in [5.74, 6) is -0.754. The Bertz CT molecular complexity index is 581. The molecule has 20 heavy (non-hydrogen) atoms. The summed E-state index contributed by atoms with van der Waals surface area (Å²) >= 11 is 0. The van der Waals surface area contributed by atoms with Crippen molar-refractivity contribution in [1.82, 2.24) is 10.5 Å². The van der Waals surface area contributed by atoms with Crippen molar-refractivity contribution in [3.63, 3.8) is 0 Å². The molecule has 2 aromatic heterocycles. The van der Waals surface area contributed by atoms with Crippen molar-refractivity contribution in [3.8, 4) is 11.5 Å². The molecule has 0 aliphatic heterocycles. The number of furan rings is 1. The Morgan fingerprint density at radius 1 is 1.30 bits per heavy atom. The Morgan fingerprint density at radius 2 is 2.10 bits per heavy atom. The molecule has 0 unspecified atom stereocenters. The first kappa shape index (κ1) is 14.1. The molecule has 2 rings (SSSR count). The molecule has 106 valence electrons. The summed E-state index contributed by atoms with van der Waals surface area (Å²) in [6.45, 7) is -1.58. The summed E-state index contributed by atoms with van der Waals surface area (Å²) in [4.78, 5) is 19.5. The van der Waals surface area contributed by atoms with E-state index in [1.54, 1.807) is 29.9 Å². The van der Waals surface area contributed by atoms with Gasteiger partial charge in [0.25, 0.3) is 0 Å². The number of nitrogens with one attached hydrogen (secondary N) is 1. The molecule has 0 atom stereocenters. The van der Waals surface area contributed by atoms with E-state index in [1.807, 2.05) is 0 Å². The van der Waals surface area contributed by atoms with Crippen molar-refractivity contribution in [2.24, 2.45) is 0 Å². The Balaban J connectivity index is 1.97. The third-order valence-corrected chi connectivity index (χ3v) is 2.15. The van der Waals surface area contributed by atoms with E-state index in [9.17, 15) is 18.0 Å². The SMILES string of the molecule is O=C(NOCC(F)(F)F)c1ccc(-c2ccccn2)o1. The number of alkyl halides is 3. The largest absolute Gasteiger partial charge is 0.449 e. The zero-order valence-electron chi connectivity index (χ0n) is 9.98. The van der Waals surface area contributed by atoms with Crippen LogP contribution in [0, 0.1) is 0 Å². The molecule has 2 aromatic rings. The van der Waals surface area contributed by atoms with E-state index >= 15 is 0 Å². The lowest BCUT2D eigenvalue weighted by Gasteiger charge is -2.06. The first-order valence-electron chi connectivity index (χ1n) is 5.46. The van der Waals surface area contributed by atoms with Crippen LogP contribution in [0.1, 0.15) is 10.6 Å². The normalized spacial score (nSPS) is 11.3. The highest BCUT2D eigenvalue weighted by molar-refractivity contribution is 5.91. The summed E-state index contributed by atoms with van der Waals surface area (Å²) in [6.07, 6.45) is -2.97.